The Morgan fingerprint density at radius 3 is 2.48 bits per heavy atom. The molecule has 0 bridgehead atoms. The lowest BCUT2D eigenvalue weighted by Gasteiger charge is -2.07. The van der Waals surface area contributed by atoms with Crippen molar-refractivity contribution in [1.29, 1.82) is 0 Å². The number of amides is 1. The van der Waals surface area contributed by atoms with Gasteiger partial charge in [-0.25, -0.2) is 10.4 Å². The maximum absolute atomic E-state index is 12.2. The molecule has 146 valence electrons. The number of benzene rings is 1. The van der Waals surface area contributed by atoms with Crippen molar-refractivity contribution in [3.05, 3.63) is 84.4 Å². The fourth-order valence-electron chi connectivity index (χ4n) is 2.20. The topological polar surface area (TPSA) is 98.1 Å². The minimum absolute atomic E-state index is 0.0553. The van der Waals surface area contributed by atoms with Crippen LogP contribution in [0, 0.1) is 0 Å². The van der Waals surface area contributed by atoms with Crippen LogP contribution in [0.4, 0.5) is 0 Å². The number of hydrogen-bond acceptors (Lipinski definition) is 6. The Balaban J connectivity index is 1.71. The van der Waals surface area contributed by atoms with E-state index in [4.69, 9.17) is 9.47 Å². The summed E-state index contributed by atoms with van der Waals surface area (Å²) in [6.45, 7) is 0.0553. The van der Waals surface area contributed by atoms with Crippen molar-refractivity contribution < 1.29 is 14.3 Å². The Morgan fingerprint density at radius 1 is 1.03 bits per heavy atom. The Bertz CT molecular complexity index is 974. The summed E-state index contributed by atoms with van der Waals surface area (Å²) in [5.41, 5.74) is 3.72. The van der Waals surface area contributed by atoms with Crippen molar-refractivity contribution in [3.8, 4) is 11.5 Å². The van der Waals surface area contributed by atoms with Crippen molar-refractivity contribution in [2.24, 2.45) is 10.1 Å². The molecular formula is C21H19N5O3. The van der Waals surface area contributed by atoms with Gasteiger partial charge in [0.05, 0.1) is 7.11 Å². The molecule has 29 heavy (non-hydrogen) atoms. The first kappa shape index (κ1) is 19.7. The van der Waals surface area contributed by atoms with Gasteiger partial charge in [-0.15, -0.1) is 0 Å². The Morgan fingerprint density at radius 2 is 1.79 bits per heavy atom. The number of pyridine rings is 2. The highest BCUT2D eigenvalue weighted by Crippen LogP contribution is 2.16. The molecule has 0 saturated heterocycles. The van der Waals surface area contributed by atoms with Gasteiger partial charge in [-0.05, 0) is 42.5 Å². The van der Waals surface area contributed by atoms with Gasteiger partial charge in [0.1, 0.15) is 18.1 Å². The monoisotopic (exact) mass is 389 g/mol. The summed E-state index contributed by atoms with van der Waals surface area (Å²) < 4.78 is 10.8. The molecule has 8 heteroatoms. The molecule has 1 N–H and O–H groups in total. The molecule has 1 aromatic carbocycles. The first-order valence-corrected chi connectivity index (χ1v) is 8.72. The molecule has 0 radical (unpaired) electrons. The third-order valence-electron chi connectivity index (χ3n) is 3.70. The zero-order valence-electron chi connectivity index (χ0n) is 15.7. The molecule has 2 heterocycles. The van der Waals surface area contributed by atoms with Gasteiger partial charge in [0.25, 0.3) is 5.91 Å². The number of methoxy groups -OCH3 is 1. The van der Waals surface area contributed by atoms with E-state index in [2.05, 4.69) is 25.5 Å². The Labute approximate surface area is 168 Å². The standard InChI is InChI=1S/C21H19N5O3/c1-28-18-4-6-19(7-5-18)29-15-20(24-14-16-3-2-10-23-13-16)25-26-21(27)17-8-11-22-12-9-17/h2-14H,15H2,1H3,(H,26,27)/b24-14?,25-20-. The SMILES string of the molecule is COc1ccc(OC/C(N=Cc2cccnc2)=N/NC(=O)c2ccncc2)cc1. The van der Waals surface area contributed by atoms with Crippen molar-refractivity contribution in [1.82, 2.24) is 15.4 Å². The van der Waals surface area contributed by atoms with Gasteiger partial charge in [-0.2, -0.15) is 5.10 Å². The fraction of sp³-hybridized carbons (Fsp3) is 0.0952. The van der Waals surface area contributed by atoms with Crippen molar-refractivity contribution >= 4 is 18.0 Å². The molecule has 0 unspecified atom stereocenters. The molecule has 0 aliphatic carbocycles. The van der Waals surface area contributed by atoms with Crippen LogP contribution < -0.4 is 14.9 Å². The lowest BCUT2D eigenvalue weighted by Crippen LogP contribution is -2.21. The second-order valence-corrected chi connectivity index (χ2v) is 5.71. The number of aromatic nitrogens is 2. The minimum Gasteiger partial charge on any atom is -0.497 e. The number of carbonyl (C=O) groups excluding carboxylic acids is 1. The maximum Gasteiger partial charge on any atom is 0.271 e. The van der Waals surface area contributed by atoms with E-state index in [1.54, 1.807) is 68.2 Å². The lowest BCUT2D eigenvalue weighted by atomic mass is 10.3. The number of nitrogens with one attached hydrogen (secondary N) is 1. The molecule has 0 fully saturated rings. The van der Waals surface area contributed by atoms with Gasteiger partial charge in [-0.1, -0.05) is 6.07 Å². The van der Waals surface area contributed by atoms with Crippen LogP contribution in [0.5, 0.6) is 11.5 Å². The molecule has 8 nitrogen and oxygen atoms in total. The number of amidine groups is 1. The van der Waals surface area contributed by atoms with E-state index in [0.29, 0.717) is 11.3 Å². The molecule has 2 aromatic heterocycles. The molecule has 1 amide bonds. The summed E-state index contributed by atoms with van der Waals surface area (Å²) in [6, 6.07) is 14.0. The van der Waals surface area contributed by atoms with Gasteiger partial charge < -0.3 is 9.47 Å². The van der Waals surface area contributed by atoms with Gasteiger partial charge >= 0.3 is 0 Å². The zero-order valence-corrected chi connectivity index (χ0v) is 15.7. The number of hydrazone groups is 1. The quantitative estimate of drug-likeness (QED) is 0.381. The van der Waals surface area contributed by atoms with E-state index in [0.717, 1.165) is 11.3 Å². The molecular weight excluding hydrogens is 370 g/mol. The first-order chi connectivity index (χ1) is 14.2. The highest BCUT2D eigenvalue weighted by Gasteiger charge is 2.05. The lowest BCUT2D eigenvalue weighted by molar-refractivity contribution is 0.0954. The van der Waals surface area contributed by atoms with Crippen LogP contribution in [0.1, 0.15) is 15.9 Å². The Kier molecular flexibility index (Phi) is 7.00. The third-order valence-corrected chi connectivity index (χ3v) is 3.70. The predicted molar refractivity (Wildman–Crippen MR) is 109 cm³/mol. The average Bonchev–Trinajstić information content (AvgIpc) is 2.80. The van der Waals surface area contributed by atoms with Gasteiger partial charge in [0.2, 0.25) is 0 Å². The van der Waals surface area contributed by atoms with Crippen molar-refractivity contribution in [2.75, 3.05) is 13.7 Å². The number of nitrogens with zero attached hydrogens (tertiary/aromatic N) is 4. The number of aliphatic imine (C=N–C) groups is 1. The summed E-state index contributed by atoms with van der Waals surface area (Å²) in [4.78, 5) is 24.4. The number of hydrogen-bond donors (Lipinski definition) is 1. The summed E-state index contributed by atoms with van der Waals surface area (Å²) >= 11 is 0. The van der Waals surface area contributed by atoms with Crippen LogP contribution in [0.15, 0.2) is 83.4 Å². The Hall–Kier alpha value is -4.07. The van der Waals surface area contributed by atoms with E-state index in [9.17, 15) is 4.79 Å². The highest BCUT2D eigenvalue weighted by atomic mass is 16.5. The zero-order chi connectivity index (χ0) is 20.3. The third kappa shape index (κ3) is 6.24. The highest BCUT2D eigenvalue weighted by molar-refractivity contribution is 5.98. The van der Waals surface area contributed by atoms with Crippen LogP contribution in [0.25, 0.3) is 0 Å². The summed E-state index contributed by atoms with van der Waals surface area (Å²) in [5, 5.41) is 4.09. The van der Waals surface area contributed by atoms with Crippen LogP contribution >= 0.6 is 0 Å². The van der Waals surface area contributed by atoms with Gasteiger partial charge in [0.15, 0.2) is 5.84 Å². The molecule has 0 aliphatic rings. The van der Waals surface area contributed by atoms with E-state index >= 15 is 0 Å². The molecule has 0 spiro atoms. The molecule has 0 atom stereocenters. The molecule has 0 aliphatic heterocycles. The summed E-state index contributed by atoms with van der Waals surface area (Å²) in [7, 11) is 1.60. The van der Waals surface area contributed by atoms with Gasteiger partial charge in [0, 0.05) is 42.1 Å². The second-order valence-electron chi connectivity index (χ2n) is 5.71. The van der Waals surface area contributed by atoms with E-state index < -0.39 is 0 Å². The molecule has 3 aromatic rings. The fourth-order valence-corrected chi connectivity index (χ4v) is 2.20. The predicted octanol–water partition coefficient (Wildman–Crippen LogP) is 2.73. The van der Waals surface area contributed by atoms with E-state index in [-0.39, 0.29) is 18.3 Å². The second kappa shape index (κ2) is 10.3. The normalized spacial score (nSPS) is 11.3. The maximum atomic E-state index is 12.2. The van der Waals surface area contributed by atoms with Crippen LogP contribution in [0.2, 0.25) is 0 Å². The first-order valence-electron chi connectivity index (χ1n) is 8.72. The van der Waals surface area contributed by atoms with Gasteiger partial charge in [-0.3, -0.25) is 14.8 Å². The van der Waals surface area contributed by atoms with Crippen molar-refractivity contribution in [2.45, 2.75) is 0 Å². The van der Waals surface area contributed by atoms with E-state index in [1.165, 1.54) is 12.4 Å². The van der Waals surface area contributed by atoms with Crippen LogP contribution in [-0.2, 0) is 0 Å². The van der Waals surface area contributed by atoms with Crippen LogP contribution in [0.3, 0.4) is 0 Å². The van der Waals surface area contributed by atoms with Crippen LogP contribution in [-0.4, -0.2) is 41.6 Å². The minimum atomic E-state index is -0.370. The largest absolute Gasteiger partial charge is 0.497 e. The average molecular weight is 389 g/mol. The van der Waals surface area contributed by atoms with E-state index in [1.807, 2.05) is 6.07 Å². The summed E-state index contributed by atoms with van der Waals surface area (Å²) in [5.74, 6) is 1.26. The molecule has 3 rings (SSSR count). The smallest absolute Gasteiger partial charge is 0.271 e. The molecule has 0 saturated carbocycles. The number of ether oxygens (including phenoxy) is 2. The summed E-state index contributed by atoms with van der Waals surface area (Å²) in [6.07, 6.45) is 8.01. The van der Waals surface area contributed by atoms with Crippen molar-refractivity contribution in [3.63, 3.8) is 0 Å². The number of rotatable bonds is 7. The number of carbonyl (C=O) groups is 1.